The van der Waals surface area contributed by atoms with Crippen LogP contribution in [-0.4, -0.2) is 34.6 Å². The summed E-state index contributed by atoms with van der Waals surface area (Å²) in [6.45, 7) is 3.96. The fraction of sp³-hybridized carbons (Fsp3) is 0.474. The molecule has 26 heavy (non-hydrogen) atoms. The van der Waals surface area contributed by atoms with Crippen molar-refractivity contribution < 1.29 is 14.0 Å². The van der Waals surface area contributed by atoms with Gasteiger partial charge in [0.25, 0.3) is 11.8 Å². The fourth-order valence-electron chi connectivity index (χ4n) is 3.47. The van der Waals surface area contributed by atoms with Crippen LogP contribution >= 0.6 is 0 Å². The van der Waals surface area contributed by atoms with Gasteiger partial charge in [0.15, 0.2) is 5.76 Å². The lowest BCUT2D eigenvalue weighted by atomic mass is 9.97. The predicted molar refractivity (Wildman–Crippen MR) is 95.8 cm³/mol. The maximum absolute atomic E-state index is 12.5. The molecular weight excluding hydrogens is 332 g/mol. The third-order valence-electron chi connectivity index (χ3n) is 4.99. The summed E-state index contributed by atoms with van der Waals surface area (Å²) in [5.41, 5.74) is 1.88. The average molecular weight is 356 g/mol. The summed E-state index contributed by atoms with van der Waals surface area (Å²) in [5, 5.41) is 13.6. The number of nitrogens with zero attached hydrogens (tertiary/aromatic N) is 2. The minimum Gasteiger partial charge on any atom is -0.459 e. The second-order valence-electron chi connectivity index (χ2n) is 6.80. The lowest BCUT2D eigenvalue weighted by Gasteiger charge is -2.25. The second-order valence-corrected chi connectivity index (χ2v) is 6.80. The molecule has 2 aromatic heterocycles. The summed E-state index contributed by atoms with van der Waals surface area (Å²) in [6, 6.07) is 3.28. The third kappa shape index (κ3) is 4.09. The predicted octanol–water partition coefficient (Wildman–Crippen LogP) is 2.41. The molecule has 1 aliphatic rings. The quantitative estimate of drug-likeness (QED) is 0.828. The number of aromatic nitrogens is 2. The van der Waals surface area contributed by atoms with Crippen LogP contribution in [0.1, 0.15) is 57.9 Å². The van der Waals surface area contributed by atoms with Gasteiger partial charge in [0.1, 0.15) is 0 Å². The van der Waals surface area contributed by atoms with Gasteiger partial charge >= 0.3 is 0 Å². The van der Waals surface area contributed by atoms with E-state index in [1.165, 1.54) is 12.5 Å². The lowest BCUT2D eigenvalue weighted by Crippen LogP contribution is -2.47. The highest BCUT2D eigenvalue weighted by Crippen LogP contribution is 2.28. The first-order valence-electron chi connectivity index (χ1n) is 8.97. The molecule has 7 heteroatoms. The van der Waals surface area contributed by atoms with E-state index in [2.05, 4.69) is 20.8 Å². The highest BCUT2D eigenvalue weighted by atomic mass is 16.3. The van der Waals surface area contributed by atoms with Crippen LogP contribution in [0.2, 0.25) is 0 Å². The van der Waals surface area contributed by atoms with Gasteiger partial charge in [0.05, 0.1) is 23.7 Å². The van der Waals surface area contributed by atoms with E-state index in [0.29, 0.717) is 29.5 Å². The smallest absolute Gasteiger partial charge is 0.287 e. The van der Waals surface area contributed by atoms with Gasteiger partial charge in [0, 0.05) is 18.2 Å². The van der Waals surface area contributed by atoms with Gasteiger partial charge in [-0.2, -0.15) is 10.2 Å². The van der Waals surface area contributed by atoms with Crippen LogP contribution in [0.3, 0.4) is 0 Å². The Kier molecular flexibility index (Phi) is 5.65. The average Bonchev–Trinajstić information content (AvgIpc) is 3.30. The van der Waals surface area contributed by atoms with Crippen molar-refractivity contribution in [3.8, 4) is 0 Å². The van der Waals surface area contributed by atoms with Crippen molar-refractivity contribution in [1.29, 1.82) is 0 Å². The molecule has 0 aliphatic heterocycles. The number of aryl methyl sites for hydroxylation is 2. The molecule has 1 aliphatic carbocycles. The molecule has 0 spiro atoms. The first kappa shape index (κ1) is 18.1. The van der Waals surface area contributed by atoms with Gasteiger partial charge in [-0.1, -0.05) is 12.8 Å². The van der Waals surface area contributed by atoms with E-state index in [4.69, 9.17) is 4.42 Å². The number of hydrogen-bond acceptors (Lipinski definition) is 5. The van der Waals surface area contributed by atoms with Crippen LogP contribution in [0.15, 0.2) is 29.0 Å². The molecule has 7 nitrogen and oxygen atoms in total. The van der Waals surface area contributed by atoms with E-state index < -0.39 is 0 Å². The van der Waals surface area contributed by atoms with E-state index in [9.17, 15) is 9.59 Å². The van der Waals surface area contributed by atoms with Crippen molar-refractivity contribution in [2.24, 2.45) is 5.92 Å². The van der Waals surface area contributed by atoms with Crippen LogP contribution in [0, 0.1) is 19.8 Å². The number of carbonyl (C=O) groups excluding carboxylic acids is 2. The Hall–Kier alpha value is -2.70. The van der Waals surface area contributed by atoms with Crippen molar-refractivity contribution in [2.75, 3.05) is 6.54 Å². The summed E-state index contributed by atoms with van der Waals surface area (Å²) in [4.78, 5) is 25.0. The number of amides is 2. The molecule has 1 saturated carbocycles. The minimum atomic E-state index is -0.236. The molecule has 138 valence electrons. The number of carbonyl (C=O) groups is 2. The monoisotopic (exact) mass is 356 g/mol. The molecular formula is C19H24N4O3. The fourth-order valence-corrected chi connectivity index (χ4v) is 3.47. The van der Waals surface area contributed by atoms with Crippen molar-refractivity contribution in [2.45, 2.75) is 45.6 Å². The zero-order valence-electron chi connectivity index (χ0n) is 15.1. The van der Waals surface area contributed by atoms with E-state index >= 15 is 0 Å². The molecule has 1 atom stereocenters. The Morgan fingerprint density at radius 3 is 2.65 bits per heavy atom. The van der Waals surface area contributed by atoms with Crippen LogP contribution in [0.5, 0.6) is 0 Å². The van der Waals surface area contributed by atoms with Gasteiger partial charge < -0.3 is 15.1 Å². The minimum absolute atomic E-state index is 0.131. The number of rotatable bonds is 6. The molecule has 0 aromatic carbocycles. The van der Waals surface area contributed by atoms with E-state index in [1.807, 2.05) is 6.92 Å². The second kappa shape index (κ2) is 8.12. The highest BCUT2D eigenvalue weighted by Gasteiger charge is 2.28. The summed E-state index contributed by atoms with van der Waals surface area (Å²) < 4.78 is 5.29. The molecule has 3 rings (SSSR count). The number of nitrogens with one attached hydrogen (secondary N) is 2. The summed E-state index contributed by atoms with van der Waals surface area (Å²) in [5.74, 6) is 0.240. The van der Waals surface area contributed by atoms with Crippen LogP contribution in [0.25, 0.3) is 0 Å². The summed E-state index contributed by atoms with van der Waals surface area (Å²) >= 11 is 0. The van der Waals surface area contributed by atoms with Crippen molar-refractivity contribution >= 4 is 11.8 Å². The lowest BCUT2D eigenvalue weighted by molar-refractivity contribution is 0.0871. The van der Waals surface area contributed by atoms with Crippen LogP contribution in [0.4, 0.5) is 0 Å². The molecule has 2 amide bonds. The Labute approximate surface area is 152 Å². The van der Waals surface area contributed by atoms with Crippen molar-refractivity contribution in [1.82, 2.24) is 20.8 Å². The zero-order chi connectivity index (χ0) is 18.5. The standard InChI is InChI=1S/C19H24N4O3/c1-12-8-10-26-17(12)19(25)22-16(14-5-3-4-6-14)11-20-18(24)15-7-9-21-23-13(15)2/h7-10,14,16H,3-6,11H2,1-2H3,(H,20,24)(H,22,25). The van der Waals surface area contributed by atoms with E-state index in [0.717, 1.165) is 31.2 Å². The molecule has 1 fully saturated rings. The third-order valence-corrected chi connectivity index (χ3v) is 4.99. The Balaban J connectivity index is 1.67. The molecule has 0 radical (unpaired) electrons. The van der Waals surface area contributed by atoms with Gasteiger partial charge in [-0.3, -0.25) is 9.59 Å². The summed E-state index contributed by atoms with van der Waals surface area (Å²) in [7, 11) is 0. The molecule has 0 saturated heterocycles. The van der Waals surface area contributed by atoms with Gasteiger partial charge in [0.2, 0.25) is 0 Å². The number of furan rings is 1. The zero-order valence-corrected chi connectivity index (χ0v) is 15.1. The Morgan fingerprint density at radius 1 is 1.23 bits per heavy atom. The molecule has 0 bridgehead atoms. The summed E-state index contributed by atoms with van der Waals surface area (Å²) in [6.07, 6.45) is 7.41. The molecule has 2 heterocycles. The molecule has 1 unspecified atom stereocenters. The Bertz CT molecular complexity index is 781. The topological polar surface area (TPSA) is 97.1 Å². The van der Waals surface area contributed by atoms with Crippen LogP contribution in [-0.2, 0) is 0 Å². The van der Waals surface area contributed by atoms with Gasteiger partial charge in [-0.25, -0.2) is 0 Å². The van der Waals surface area contributed by atoms with Crippen molar-refractivity contribution in [3.05, 3.63) is 47.2 Å². The van der Waals surface area contributed by atoms with Crippen LogP contribution < -0.4 is 10.6 Å². The van der Waals surface area contributed by atoms with E-state index in [-0.39, 0.29) is 17.9 Å². The highest BCUT2D eigenvalue weighted by molar-refractivity contribution is 5.95. The van der Waals surface area contributed by atoms with E-state index in [1.54, 1.807) is 19.1 Å². The van der Waals surface area contributed by atoms with Gasteiger partial charge in [-0.15, -0.1) is 0 Å². The Morgan fingerprint density at radius 2 is 2.00 bits per heavy atom. The molecule has 2 N–H and O–H groups in total. The van der Waals surface area contributed by atoms with Crippen molar-refractivity contribution in [3.63, 3.8) is 0 Å². The first-order chi connectivity index (χ1) is 12.6. The maximum Gasteiger partial charge on any atom is 0.287 e. The SMILES string of the molecule is Cc1ccoc1C(=O)NC(CNC(=O)c1ccnnc1C)C1CCCC1. The molecule has 2 aromatic rings. The van der Waals surface area contributed by atoms with Gasteiger partial charge in [-0.05, 0) is 44.7 Å². The maximum atomic E-state index is 12.5. The largest absolute Gasteiger partial charge is 0.459 e. The first-order valence-corrected chi connectivity index (χ1v) is 8.97. The normalized spacial score (nSPS) is 15.6. The number of hydrogen-bond donors (Lipinski definition) is 2.